The fraction of sp³-hybridized carbons (Fsp3) is 0.500. The van der Waals surface area contributed by atoms with Crippen LogP contribution in [0.15, 0.2) is 34.9 Å². The number of carbonyl (C=O) groups is 2. The molecular formula is C20H27N3O3. The van der Waals surface area contributed by atoms with Gasteiger partial charge in [0.2, 0.25) is 5.91 Å². The molecule has 2 aromatic heterocycles. The van der Waals surface area contributed by atoms with E-state index in [4.69, 9.17) is 4.42 Å². The van der Waals surface area contributed by atoms with Crippen LogP contribution in [-0.4, -0.2) is 33.9 Å². The SMILES string of the molecule is CCCN(Cc1cccn1Cc1ccc(C(=O)NC2CC2)o1)C(=O)CC. The van der Waals surface area contributed by atoms with Crippen molar-refractivity contribution in [2.45, 2.75) is 58.7 Å². The fourth-order valence-electron chi connectivity index (χ4n) is 2.97. The van der Waals surface area contributed by atoms with Gasteiger partial charge in [-0.2, -0.15) is 0 Å². The van der Waals surface area contributed by atoms with Gasteiger partial charge in [0.05, 0.1) is 13.1 Å². The second-order valence-electron chi connectivity index (χ2n) is 6.81. The number of nitrogens with one attached hydrogen (secondary N) is 1. The van der Waals surface area contributed by atoms with E-state index < -0.39 is 0 Å². The summed E-state index contributed by atoms with van der Waals surface area (Å²) in [5.74, 6) is 1.10. The molecule has 0 atom stereocenters. The third kappa shape index (κ3) is 4.56. The maximum absolute atomic E-state index is 12.1. The summed E-state index contributed by atoms with van der Waals surface area (Å²) >= 11 is 0. The monoisotopic (exact) mass is 357 g/mol. The van der Waals surface area contributed by atoms with Crippen LogP contribution >= 0.6 is 0 Å². The number of rotatable bonds is 9. The van der Waals surface area contributed by atoms with E-state index in [2.05, 4.69) is 16.8 Å². The van der Waals surface area contributed by atoms with E-state index in [1.165, 1.54) is 0 Å². The second-order valence-corrected chi connectivity index (χ2v) is 6.81. The van der Waals surface area contributed by atoms with Crippen LogP contribution in [0.4, 0.5) is 0 Å². The molecule has 1 fully saturated rings. The van der Waals surface area contributed by atoms with Crippen molar-refractivity contribution in [1.82, 2.24) is 14.8 Å². The highest BCUT2D eigenvalue weighted by molar-refractivity contribution is 5.91. The lowest BCUT2D eigenvalue weighted by atomic mass is 10.3. The van der Waals surface area contributed by atoms with Crippen LogP contribution in [0, 0.1) is 0 Å². The highest BCUT2D eigenvalue weighted by Crippen LogP contribution is 2.20. The predicted molar refractivity (Wildman–Crippen MR) is 98.7 cm³/mol. The fourth-order valence-corrected chi connectivity index (χ4v) is 2.97. The molecule has 1 N–H and O–H groups in total. The zero-order chi connectivity index (χ0) is 18.5. The molecule has 0 saturated heterocycles. The van der Waals surface area contributed by atoms with Crippen molar-refractivity contribution in [3.63, 3.8) is 0 Å². The number of hydrogen-bond donors (Lipinski definition) is 1. The Morgan fingerprint density at radius 2 is 2.08 bits per heavy atom. The Bertz CT molecular complexity index is 758. The Balaban J connectivity index is 1.65. The molecule has 140 valence electrons. The average molecular weight is 357 g/mol. The number of furan rings is 1. The molecule has 1 aliphatic rings. The lowest BCUT2D eigenvalue weighted by molar-refractivity contribution is -0.131. The lowest BCUT2D eigenvalue weighted by Crippen LogP contribution is -2.31. The molecule has 3 rings (SSSR count). The Labute approximate surface area is 154 Å². The van der Waals surface area contributed by atoms with Gasteiger partial charge in [-0.3, -0.25) is 9.59 Å². The zero-order valence-corrected chi connectivity index (χ0v) is 15.5. The van der Waals surface area contributed by atoms with E-state index in [1.807, 2.05) is 36.2 Å². The number of hydrogen-bond acceptors (Lipinski definition) is 3. The molecular weight excluding hydrogens is 330 g/mol. The van der Waals surface area contributed by atoms with Gasteiger partial charge in [0.1, 0.15) is 5.76 Å². The van der Waals surface area contributed by atoms with Crippen molar-refractivity contribution < 1.29 is 14.0 Å². The Kier molecular flexibility index (Phi) is 5.81. The summed E-state index contributed by atoms with van der Waals surface area (Å²) in [6, 6.07) is 7.87. The van der Waals surface area contributed by atoms with Crippen molar-refractivity contribution in [3.8, 4) is 0 Å². The largest absolute Gasteiger partial charge is 0.454 e. The van der Waals surface area contributed by atoms with Gasteiger partial charge in [-0.1, -0.05) is 13.8 Å². The summed E-state index contributed by atoms with van der Waals surface area (Å²) in [7, 11) is 0. The van der Waals surface area contributed by atoms with E-state index in [0.29, 0.717) is 31.3 Å². The Morgan fingerprint density at radius 3 is 2.77 bits per heavy atom. The lowest BCUT2D eigenvalue weighted by Gasteiger charge is -2.22. The molecule has 6 heteroatoms. The molecule has 26 heavy (non-hydrogen) atoms. The highest BCUT2D eigenvalue weighted by Gasteiger charge is 2.25. The summed E-state index contributed by atoms with van der Waals surface area (Å²) in [5.41, 5.74) is 1.06. The summed E-state index contributed by atoms with van der Waals surface area (Å²) in [4.78, 5) is 26.1. The van der Waals surface area contributed by atoms with E-state index in [1.54, 1.807) is 6.07 Å². The first-order valence-electron chi connectivity index (χ1n) is 9.42. The van der Waals surface area contributed by atoms with Crippen LogP contribution < -0.4 is 5.32 Å². The first kappa shape index (κ1) is 18.3. The third-order valence-corrected chi connectivity index (χ3v) is 4.55. The quantitative estimate of drug-likeness (QED) is 0.749. The third-order valence-electron chi connectivity index (χ3n) is 4.55. The van der Waals surface area contributed by atoms with Gasteiger partial charge in [0.15, 0.2) is 5.76 Å². The summed E-state index contributed by atoms with van der Waals surface area (Å²) in [6.45, 7) is 5.85. The minimum atomic E-state index is -0.144. The van der Waals surface area contributed by atoms with E-state index >= 15 is 0 Å². The first-order valence-corrected chi connectivity index (χ1v) is 9.42. The van der Waals surface area contributed by atoms with Gasteiger partial charge in [-0.05, 0) is 43.5 Å². The summed E-state index contributed by atoms with van der Waals surface area (Å²) < 4.78 is 7.77. The summed E-state index contributed by atoms with van der Waals surface area (Å²) in [5, 5.41) is 2.93. The van der Waals surface area contributed by atoms with Crippen LogP contribution in [0.3, 0.4) is 0 Å². The van der Waals surface area contributed by atoms with Gasteiger partial charge < -0.3 is 19.2 Å². The summed E-state index contributed by atoms with van der Waals surface area (Å²) in [6.07, 6.45) is 5.53. The maximum atomic E-state index is 12.1. The molecule has 2 amide bonds. The molecule has 0 radical (unpaired) electrons. The molecule has 0 spiro atoms. The molecule has 0 aromatic carbocycles. The van der Waals surface area contributed by atoms with Crippen LogP contribution in [0.25, 0.3) is 0 Å². The van der Waals surface area contributed by atoms with Crippen LogP contribution in [0.2, 0.25) is 0 Å². The molecule has 1 aliphatic carbocycles. The Hall–Kier alpha value is -2.50. The molecule has 1 saturated carbocycles. The topological polar surface area (TPSA) is 67.5 Å². The molecule has 6 nitrogen and oxygen atoms in total. The molecule has 0 aliphatic heterocycles. The van der Waals surface area contributed by atoms with Crippen molar-refractivity contribution in [2.24, 2.45) is 0 Å². The smallest absolute Gasteiger partial charge is 0.287 e. The van der Waals surface area contributed by atoms with Gasteiger partial charge in [-0.25, -0.2) is 0 Å². The minimum Gasteiger partial charge on any atom is -0.454 e. The molecule has 0 bridgehead atoms. The van der Waals surface area contributed by atoms with E-state index in [-0.39, 0.29) is 11.8 Å². The zero-order valence-electron chi connectivity index (χ0n) is 15.5. The predicted octanol–water partition coefficient (Wildman–Crippen LogP) is 3.17. The van der Waals surface area contributed by atoms with E-state index in [0.717, 1.165) is 37.3 Å². The second kappa shape index (κ2) is 8.25. The van der Waals surface area contributed by atoms with Crippen LogP contribution in [0.5, 0.6) is 0 Å². The standard InChI is InChI=1S/C20H27N3O3/c1-3-11-23(19(24)4-2)13-16-6-5-12-22(16)14-17-9-10-18(26-17)20(25)21-15-7-8-15/h5-6,9-10,12,15H,3-4,7-8,11,13-14H2,1-2H3,(H,21,25). The molecule has 2 heterocycles. The number of amides is 2. The van der Waals surface area contributed by atoms with Crippen molar-refractivity contribution >= 4 is 11.8 Å². The van der Waals surface area contributed by atoms with Crippen molar-refractivity contribution in [3.05, 3.63) is 47.7 Å². The average Bonchev–Trinajstić information content (AvgIpc) is 3.15. The van der Waals surface area contributed by atoms with E-state index in [9.17, 15) is 9.59 Å². The van der Waals surface area contributed by atoms with Crippen molar-refractivity contribution in [2.75, 3.05) is 6.54 Å². The maximum Gasteiger partial charge on any atom is 0.287 e. The van der Waals surface area contributed by atoms with Gasteiger partial charge >= 0.3 is 0 Å². The van der Waals surface area contributed by atoms with Crippen LogP contribution in [0.1, 0.15) is 61.5 Å². The number of aromatic nitrogens is 1. The molecule has 2 aromatic rings. The van der Waals surface area contributed by atoms with Gasteiger partial charge in [-0.15, -0.1) is 0 Å². The van der Waals surface area contributed by atoms with Crippen LogP contribution in [-0.2, 0) is 17.9 Å². The normalized spacial score (nSPS) is 13.6. The minimum absolute atomic E-state index is 0.144. The van der Waals surface area contributed by atoms with Gasteiger partial charge in [0, 0.05) is 30.9 Å². The number of nitrogens with zero attached hydrogens (tertiary/aromatic N) is 2. The highest BCUT2D eigenvalue weighted by atomic mass is 16.4. The van der Waals surface area contributed by atoms with Crippen molar-refractivity contribution in [1.29, 1.82) is 0 Å². The van der Waals surface area contributed by atoms with Gasteiger partial charge in [0.25, 0.3) is 5.91 Å². The first-order chi connectivity index (χ1) is 12.6. The Morgan fingerprint density at radius 1 is 1.27 bits per heavy atom. The number of carbonyl (C=O) groups excluding carboxylic acids is 2. The molecule has 0 unspecified atom stereocenters.